The summed E-state index contributed by atoms with van der Waals surface area (Å²) in [5.74, 6) is 1.19. The number of benzene rings is 2. The lowest BCUT2D eigenvalue weighted by atomic mass is 9.53. The zero-order valence-corrected chi connectivity index (χ0v) is 32.4. The molecule has 2 bridgehead atoms. The molecular formula is C44H50N4O7. The highest BCUT2D eigenvalue weighted by Gasteiger charge is 2.76. The largest absolute Gasteiger partial charge is 0.504 e. The van der Waals surface area contributed by atoms with Crippen molar-refractivity contribution in [3.63, 3.8) is 0 Å². The molecule has 288 valence electrons. The molecule has 11 rings (SSSR count). The number of anilines is 1. The van der Waals surface area contributed by atoms with Gasteiger partial charge in [-0.1, -0.05) is 37.3 Å². The fourth-order valence-electron chi connectivity index (χ4n) is 13.2. The van der Waals surface area contributed by atoms with Crippen LogP contribution >= 0.6 is 0 Å². The predicted octanol–water partition coefficient (Wildman–Crippen LogP) is 5.72. The van der Waals surface area contributed by atoms with E-state index in [0.717, 1.165) is 55.8 Å². The Balaban J connectivity index is 0.978. The minimum Gasteiger partial charge on any atom is -0.504 e. The molecule has 11 heteroatoms. The van der Waals surface area contributed by atoms with Gasteiger partial charge >= 0.3 is 5.97 Å². The van der Waals surface area contributed by atoms with Crippen molar-refractivity contribution in [2.75, 3.05) is 46.8 Å². The number of esters is 1. The SMILES string of the molecule is CCC12CC(C(=O)OC)=C3Nc4c(cc(O)c(OC)c4OC)C34CCN(C(C=CC3=COCC5C3CC3c6c(c7ccccc7n6C)CC5N3C)C3OC31)C42. The number of nitrogens with one attached hydrogen (secondary N) is 1. The number of nitrogens with zero attached hydrogens (tertiary/aromatic N) is 3. The zero-order chi connectivity index (χ0) is 37.7. The summed E-state index contributed by atoms with van der Waals surface area (Å²) in [6.07, 6.45) is 11.0. The Morgan fingerprint density at radius 3 is 2.75 bits per heavy atom. The zero-order valence-electron chi connectivity index (χ0n) is 32.4. The summed E-state index contributed by atoms with van der Waals surface area (Å²) in [6, 6.07) is 11.5. The van der Waals surface area contributed by atoms with Gasteiger partial charge in [0, 0.05) is 59.3 Å². The fraction of sp³-hybridized carbons (Fsp3) is 0.523. The van der Waals surface area contributed by atoms with Gasteiger partial charge in [0.05, 0.1) is 69.1 Å². The molecule has 2 aromatic carbocycles. The van der Waals surface area contributed by atoms with E-state index in [0.29, 0.717) is 41.7 Å². The summed E-state index contributed by atoms with van der Waals surface area (Å²) in [5.41, 5.74) is 7.82. The number of aromatic hydroxyl groups is 1. The van der Waals surface area contributed by atoms with E-state index in [1.54, 1.807) is 7.11 Å². The lowest BCUT2D eigenvalue weighted by molar-refractivity contribution is -0.137. The van der Waals surface area contributed by atoms with Crippen LogP contribution in [0.5, 0.6) is 17.2 Å². The Labute approximate surface area is 321 Å². The van der Waals surface area contributed by atoms with Crippen LogP contribution in [0.15, 0.2) is 65.6 Å². The number of methoxy groups -OCH3 is 3. The van der Waals surface area contributed by atoms with Crippen molar-refractivity contribution in [3.05, 3.63) is 82.4 Å². The maximum absolute atomic E-state index is 13.7. The smallest absolute Gasteiger partial charge is 0.335 e. The van der Waals surface area contributed by atoms with Crippen LogP contribution in [0, 0.1) is 17.3 Å². The lowest BCUT2D eigenvalue weighted by Gasteiger charge is -2.56. The number of aryl methyl sites for hydroxylation is 1. The second-order valence-corrected chi connectivity index (χ2v) is 17.2. The van der Waals surface area contributed by atoms with Crippen molar-refractivity contribution < 1.29 is 33.6 Å². The van der Waals surface area contributed by atoms with E-state index in [1.807, 2.05) is 12.3 Å². The van der Waals surface area contributed by atoms with E-state index in [4.69, 9.17) is 23.7 Å². The summed E-state index contributed by atoms with van der Waals surface area (Å²) in [4.78, 5) is 19.0. The Bertz CT molecular complexity index is 2280. The average molecular weight is 747 g/mol. The van der Waals surface area contributed by atoms with Gasteiger partial charge in [-0.25, -0.2) is 4.79 Å². The molecule has 4 saturated heterocycles. The molecule has 0 saturated carbocycles. The van der Waals surface area contributed by atoms with Crippen LogP contribution in [0.1, 0.15) is 55.5 Å². The molecule has 8 heterocycles. The second kappa shape index (κ2) is 11.6. The Hall–Kier alpha value is -4.45. The molecule has 11 nitrogen and oxygen atoms in total. The van der Waals surface area contributed by atoms with Crippen molar-refractivity contribution >= 4 is 22.6 Å². The molecule has 0 radical (unpaired) electrons. The number of ether oxygens (including phenoxy) is 5. The number of allylic oxidation sites excluding steroid dienone is 2. The van der Waals surface area contributed by atoms with Gasteiger partial charge in [0.1, 0.15) is 6.10 Å². The maximum atomic E-state index is 13.7. The maximum Gasteiger partial charge on any atom is 0.335 e. The molecule has 10 unspecified atom stereocenters. The van der Waals surface area contributed by atoms with Crippen LogP contribution in [0.25, 0.3) is 10.9 Å². The third-order valence-electron chi connectivity index (χ3n) is 15.5. The third kappa shape index (κ3) is 4.09. The minimum absolute atomic E-state index is 0.00923. The van der Waals surface area contributed by atoms with Gasteiger partial charge in [-0.15, -0.1) is 0 Å². The molecule has 2 N–H and O–H groups in total. The number of carbonyl (C=O) groups is 1. The highest BCUT2D eigenvalue weighted by Crippen LogP contribution is 2.71. The molecule has 8 aliphatic rings. The number of aromatic nitrogens is 1. The fourth-order valence-corrected chi connectivity index (χ4v) is 13.2. The Morgan fingerprint density at radius 1 is 1.15 bits per heavy atom. The van der Waals surface area contributed by atoms with Gasteiger partial charge in [0.25, 0.3) is 0 Å². The highest BCUT2D eigenvalue weighted by atomic mass is 16.6. The monoisotopic (exact) mass is 746 g/mol. The van der Waals surface area contributed by atoms with Crippen LogP contribution < -0.4 is 14.8 Å². The van der Waals surface area contributed by atoms with E-state index in [9.17, 15) is 9.90 Å². The molecule has 7 aliphatic heterocycles. The molecule has 0 amide bonds. The first-order chi connectivity index (χ1) is 26.7. The molecule has 10 atom stereocenters. The normalized spacial score (nSPS) is 36.5. The van der Waals surface area contributed by atoms with Gasteiger partial charge in [-0.2, -0.15) is 0 Å². The van der Waals surface area contributed by atoms with Crippen molar-refractivity contribution in [3.8, 4) is 17.2 Å². The average Bonchev–Trinajstić information content (AvgIpc) is 3.71. The number of fused-ring (bicyclic) bond motifs is 11. The summed E-state index contributed by atoms with van der Waals surface area (Å²) in [7, 11) is 9.12. The quantitative estimate of drug-likeness (QED) is 0.185. The highest BCUT2D eigenvalue weighted by molar-refractivity contribution is 5.94. The number of phenols is 1. The first-order valence-electron chi connectivity index (χ1n) is 20.0. The van der Waals surface area contributed by atoms with Crippen molar-refractivity contribution in [1.82, 2.24) is 14.4 Å². The summed E-state index contributed by atoms with van der Waals surface area (Å²) in [6.45, 7) is 3.78. The lowest BCUT2D eigenvalue weighted by Crippen LogP contribution is -2.65. The summed E-state index contributed by atoms with van der Waals surface area (Å²) in [5, 5.41) is 16.4. The van der Waals surface area contributed by atoms with E-state index in [1.165, 1.54) is 42.0 Å². The second-order valence-electron chi connectivity index (χ2n) is 17.2. The molecule has 55 heavy (non-hydrogen) atoms. The first-order valence-corrected chi connectivity index (χ1v) is 20.0. The van der Waals surface area contributed by atoms with Crippen molar-refractivity contribution in [2.45, 2.75) is 80.8 Å². The molecule has 1 aromatic heterocycles. The number of carbonyl (C=O) groups excluding carboxylic acids is 1. The molecule has 3 aromatic rings. The number of hydrogen-bond acceptors (Lipinski definition) is 10. The van der Waals surface area contributed by atoms with E-state index < -0.39 is 5.41 Å². The van der Waals surface area contributed by atoms with Gasteiger partial charge in [-0.05, 0) is 73.9 Å². The third-order valence-corrected chi connectivity index (χ3v) is 15.5. The first kappa shape index (κ1) is 33.9. The molecular weight excluding hydrogens is 697 g/mol. The van der Waals surface area contributed by atoms with E-state index in [-0.39, 0.29) is 47.2 Å². The molecule has 1 aliphatic carbocycles. The Morgan fingerprint density at radius 2 is 1.96 bits per heavy atom. The molecule has 4 fully saturated rings. The van der Waals surface area contributed by atoms with Crippen molar-refractivity contribution in [1.29, 1.82) is 0 Å². The van der Waals surface area contributed by atoms with Crippen LogP contribution in [0.2, 0.25) is 0 Å². The van der Waals surface area contributed by atoms with Crippen LogP contribution in [-0.2, 0) is 37.9 Å². The molecule has 1 spiro atoms. The van der Waals surface area contributed by atoms with Crippen LogP contribution in [0.4, 0.5) is 5.69 Å². The van der Waals surface area contributed by atoms with E-state index in [2.05, 4.69) is 77.1 Å². The number of phenolic OH excluding ortho intramolecular Hbond substituents is 1. The summed E-state index contributed by atoms with van der Waals surface area (Å²) >= 11 is 0. The minimum atomic E-state index is -0.604. The Kier molecular flexibility index (Phi) is 7.11. The van der Waals surface area contributed by atoms with Crippen LogP contribution in [-0.4, -0.2) is 97.3 Å². The summed E-state index contributed by atoms with van der Waals surface area (Å²) < 4.78 is 32.5. The number of likely N-dealkylation sites (N-methyl/N-ethyl adjacent to an activating group) is 1. The number of para-hydroxylation sites is 1. The van der Waals surface area contributed by atoms with Gasteiger partial charge in [-0.3, -0.25) is 9.80 Å². The van der Waals surface area contributed by atoms with Gasteiger partial charge in [0.2, 0.25) is 5.75 Å². The van der Waals surface area contributed by atoms with E-state index >= 15 is 0 Å². The topological polar surface area (TPSA) is 110 Å². The van der Waals surface area contributed by atoms with Gasteiger partial charge in [0.15, 0.2) is 11.5 Å². The van der Waals surface area contributed by atoms with Gasteiger partial charge < -0.3 is 38.7 Å². The number of epoxide rings is 1. The van der Waals surface area contributed by atoms with Crippen LogP contribution in [0.3, 0.4) is 0 Å². The van der Waals surface area contributed by atoms with Crippen molar-refractivity contribution in [2.24, 2.45) is 24.3 Å². The number of hydrogen-bond donors (Lipinski definition) is 2. The number of rotatable bonds is 6. The number of piperidine rings is 2. The standard InChI is InChI=1S/C44H50N4O7/c1-7-43-19-26(41(50)53-6)39-44(28-18-33(49)37(51-4)38(52-5)34(28)45-39)14-15-48(42(43)44)30(36-40(43)55-36)13-12-22-20-54-21-27-24(22)16-32-35-25(17-31(27)46(32)2)23-10-8-9-11-29(23)47(35)3/h8-13,18,20,24,27,30-32,36,40,42,45,49H,7,14-17,19,21H2,1-6H3. The predicted molar refractivity (Wildman–Crippen MR) is 206 cm³/mol.